The van der Waals surface area contributed by atoms with Gasteiger partial charge in [0.25, 0.3) is 0 Å². The third-order valence-corrected chi connectivity index (χ3v) is 8.45. The summed E-state index contributed by atoms with van der Waals surface area (Å²) in [6.07, 6.45) is 3.71. The topological polar surface area (TPSA) is 30.7 Å². The summed E-state index contributed by atoms with van der Waals surface area (Å²) in [4.78, 5) is 9.42. The van der Waals surface area contributed by atoms with Crippen molar-refractivity contribution in [2.24, 2.45) is 0 Å². The van der Waals surface area contributed by atoms with Crippen molar-refractivity contribution in [1.29, 1.82) is 0 Å². The summed E-state index contributed by atoms with van der Waals surface area (Å²) in [6, 6.07) is 41.2. The highest BCUT2D eigenvalue weighted by molar-refractivity contribution is 6.13. The number of hydrogen-bond acceptors (Lipinski definition) is 2. The minimum absolute atomic E-state index is 0.139. The zero-order chi connectivity index (χ0) is 26.8. The highest BCUT2D eigenvalue weighted by Gasteiger charge is 2.38. The van der Waals surface area contributed by atoms with E-state index in [0.717, 1.165) is 28.2 Å². The Hall–Kier alpha value is -5.02. The summed E-state index contributed by atoms with van der Waals surface area (Å²) in [5.74, 6) is 0. The van der Waals surface area contributed by atoms with Gasteiger partial charge in [0.1, 0.15) is 0 Å². The van der Waals surface area contributed by atoms with E-state index in [0.29, 0.717) is 0 Å². The molecule has 0 spiro atoms. The Morgan fingerprint density at radius 2 is 1.23 bits per heavy atom. The minimum atomic E-state index is -0.139. The van der Waals surface area contributed by atoms with Crippen molar-refractivity contribution in [3.63, 3.8) is 0 Å². The van der Waals surface area contributed by atoms with Gasteiger partial charge in [-0.3, -0.25) is 9.97 Å². The maximum absolute atomic E-state index is 4.71. The predicted octanol–water partition coefficient (Wildman–Crippen LogP) is 9.21. The van der Waals surface area contributed by atoms with Crippen LogP contribution in [0.2, 0.25) is 0 Å². The van der Waals surface area contributed by atoms with E-state index in [1.54, 1.807) is 0 Å². The van der Waals surface area contributed by atoms with Crippen LogP contribution in [0.15, 0.2) is 128 Å². The number of benzene rings is 4. The van der Waals surface area contributed by atoms with Crippen molar-refractivity contribution < 1.29 is 0 Å². The van der Waals surface area contributed by atoms with Gasteiger partial charge in [0.05, 0.1) is 22.4 Å². The Morgan fingerprint density at radius 3 is 1.93 bits per heavy atom. The predicted molar refractivity (Wildman–Crippen MR) is 165 cm³/mol. The molecule has 0 radical (unpaired) electrons. The molecule has 8 rings (SSSR count). The fourth-order valence-electron chi connectivity index (χ4n) is 6.68. The molecule has 0 bridgehead atoms. The van der Waals surface area contributed by atoms with Gasteiger partial charge in [-0.2, -0.15) is 0 Å². The van der Waals surface area contributed by atoms with Crippen LogP contribution >= 0.6 is 0 Å². The summed E-state index contributed by atoms with van der Waals surface area (Å²) in [7, 11) is 0. The molecule has 1 aliphatic rings. The zero-order valence-corrected chi connectivity index (χ0v) is 22.5. The molecule has 0 atom stereocenters. The van der Waals surface area contributed by atoms with Crippen LogP contribution < -0.4 is 0 Å². The third kappa shape index (κ3) is 3.24. The molecule has 0 unspecified atom stereocenters. The number of para-hydroxylation sites is 1. The van der Waals surface area contributed by atoms with Crippen LogP contribution in [0.4, 0.5) is 0 Å². The standard InChI is InChI=1S/C37H27N3/c1-37(2)31-13-5-3-11-27(31)29-17-18-30-28-12-4-6-16-34(28)40(36(30)35(29)37)26-22-24(32-14-7-9-19-38-32)21-25(23-26)33-15-8-10-20-39-33/h3-23H,1-2H3. The maximum atomic E-state index is 4.71. The largest absolute Gasteiger partial charge is 0.309 e. The summed E-state index contributed by atoms with van der Waals surface area (Å²) in [5, 5.41) is 2.53. The Kier molecular flexibility index (Phi) is 4.86. The smallest absolute Gasteiger partial charge is 0.0702 e. The molecule has 3 nitrogen and oxygen atoms in total. The van der Waals surface area contributed by atoms with Gasteiger partial charge in [-0.25, -0.2) is 0 Å². The number of hydrogen-bond donors (Lipinski definition) is 0. The van der Waals surface area contributed by atoms with Crippen LogP contribution in [0.1, 0.15) is 25.0 Å². The summed E-state index contributed by atoms with van der Waals surface area (Å²) >= 11 is 0. The molecule has 3 heterocycles. The number of nitrogens with zero attached hydrogens (tertiary/aromatic N) is 3. The fourth-order valence-corrected chi connectivity index (χ4v) is 6.68. The van der Waals surface area contributed by atoms with Crippen molar-refractivity contribution in [3.8, 4) is 39.3 Å². The molecule has 0 fully saturated rings. The summed E-state index contributed by atoms with van der Waals surface area (Å²) in [5.41, 5.74) is 12.9. The first-order valence-electron chi connectivity index (χ1n) is 13.8. The molecular weight excluding hydrogens is 486 g/mol. The molecule has 0 N–H and O–H groups in total. The summed E-state index contributed by atoms with van der Waals surface area (Å²) < 4.78 is 2.47. The lowest BCUT2D eigenvalue weighted by Gasteiger charge is -2.24. The molecule has 40 heavy (non-hydrogen) atoms. The molecular formula is C37H27N3. The second-order valence-corrected chi connectivity index (χ2v) is 11.1. The summed E-state index contributed by atoms with van der Waals surface area (Å²) in [6.45, 7) is 4.73. The molecule has 4 aromatic carbocycles. The van der Waals surface area contributed by atoms with Gasteiger partial charge < -0.3 is 4.57 Å². The highest BCUT2D eigenvalue weighted by atomic mass is 15.0. The molecule has 0 amide bonds. The van der Waals surface area contributed by atoms with Crippen LogP contribution in [-0.4, -0.2) is 14.5 Å². The quantitative estimate of drug-likeness (QED) is 0.236. The fraction of sp³-hybridized carbons (Fsp3) is 0.0811. The lowest BCUT2D eigenvalue weighted by Crippen LogP contribution is -2.16. The van der Waals surface area contributed by atoms with Gasteiger partial charge in [-0.1, -0.05) is 80.6 Å². The lowest BCUT2D eigenvalue weighted by molar-refractivity contribution is 0.664. The Morgan fingerprint density at radius 1 is 0.575 bits per heavy atom. The van der Waals surface area contributed by atoms with Gasteiger partial charge in [-0.15, -0.1) is 0 Å². The molecule has 1 aliphatic carbocycles. The van der Waals surface area contributed by atoms with E-state index in [4.69, 9.17) is 9.97 Å². The molecule has 0 aliphatic heterocycles. The SMILES string of the molecule is CC1(C)c2ccccc2-c2ccc3c4ccccc4n(-c4cc(-c5ccccn5)cc(-c5ccccn5)c4)c3c21. The molecule has 0 saturated heterocycles. The first-order chi connectivity index (χ1) is 19.6. The zero-order valence-electron chi connectivity index (χ0n) is 22.5. The molecule has 3 aromatic heterocycles. The van der Waals surface area contributed by atoms with Crippen molar-refractivity contribution in [2.45, 2.75) is 19.3 Å². The van der Waals surface area contributed by atoms with Crippen molar-refractivity contribution in [3.05, 3.63) is 139 Å². The van der Waals surface area contributed by atoms with E-state index in [9.17, 15) is 0 Å². The highest BCUT2D eigenvalue weighted by Crippen LogP contribution is 2.53. The van der Waals surface area contributed by atoms with E-state index in [2.05, 4.69) is 109 Å². The minimum Gasteiger partial charge on any atom is -0.309 e. The van der Waals surface area contributed by atoms with Gasteiger partial charge in [0.15, 0.2) is 0 Å². The van der Waals surface area contributed by atoms with E-state index in [-0.39, 0.29) is 5.41 Å². The Labute approximate surface area is 233 Å². The van der Waals surface area contributed by atoms with Gasteiger partial charge in [-0.05, 0) is 70.8 Å². The van der Waals surface area contributed by atoms with Crippen LogP contribution in [-0.2, 0) is 5.41 Å². The van der Waals surface area contributed by atoms with Gasteiger partial charge in [0.2, 0.25) is 0 Å². The third-order valence-electron chi connectivity index (χ3n) is 8.45. The lowest BCUT2D eigenvalue weighted by atomic mass is 9.81. The monoisotopic (exact) mass is 513 g/mol. The first-order valence-corrected chi connectivity index (χ1v) is 13.8. The van der Waals surface area contributed by atoms with Crippen LogP contribution in [0, 0.1) is 0 Å². The average molecular weight is 514 g/mol. The molecule has 0 saturated carbocycles. The Bertz CT molecular complexity index is 2010. The van der Waals surface area contributed by atoms with E-state index in [1.165, 1.54) is 44.1 Å². The molecule has 190 valence electrons. The van der Waals surface area contributed by atoms with Crippen molar-refractivity contribution in [2.75, 3.05) is 0 Å². The molecule has 3 heteroatoms. The molecule has 7 aromatic rings. The van der Waals surface area contributed by atoms with Crippen LogP contribution in [0.3, 0.4) is 0 Å². The number of rotatable bonds is 3. The second kappa shape index (κ2) is 8.49. The first kappa shape index (κ1) is 22.9. The van der Waals surface area contributed by atoms with Gasteiger partial charge >= 0.3 is 0 Å². The van der Waals surface area contributed by atoms with E-state index < -0.39 is 0 Å². The van der Waals surface area contributed by atoms with Crippen molar-refractivity contribution >= 4 is 21.8 Å². The number of pyridine rings is 2. The number of fused-ring (bicyclic) bond motifs is 7. The normalized spacial score (nSPS) is 13.4. The van der Waals surface area contributed by atoms with Crippen molar-refractivity contribution in [1.82, 2.24) is 14.5 Å². The van der Waals surface area contributed by atoms with Gasteiger partial charge in [0, 0.05) is 45.4 Å². The number of aromatic nitrogens is 3. The van der Waals surface area contributed by atoms with Crippen LogP contribution in [0.5, 0.6) is 0 Å². The second-order valence-electron chi connectivity index (χ2n) is 11.1. The van der Waals surface area contributed by atoms with Crippen LogP contribution in [0.25, 0.3) is 61.1 Å². The average Bonchev–Trinajstić information content (AvgIpc) is 3.47. The Balaban J connectivity index is 1.51. The maximum Gasteiger partial charge on any atom is 0.0702 e. The van der Waals surface area contributed by atoms with E-state index >= 15 is 0 Å². The van der Waals surface area contributed by atoms with E-state index in [1.807, 2.05) is 36.7 Å².